The Bertz CT molecular complexity index is 535. The summed E-state index contributed by atoms with van der Waals surface area (Å²) in [6.07, 6.45) is 4.73. The Hall–Kier alpha value is -1.36. The molecule has 0 radical (unpaired) electrons. The smallest absolute Gasteiger partial charge is 0.321 e. The minimum atomic E-state index is 0.0529. The van der Waals surface area contributed by atoms with Crippen LogP contribution in [0.15, 0.2) is 18.2 Å². The van der Waals surface area contributed by atoms with Crippen LogP contribution in [0.4, 0.5) is 16.2 Å². The lowest BCUT2D eigenvalue weighted by Crippen LogP contribution is -2.36. The van der Waals surface area contributed by atoms with Gasteiger partial charge in [-0.25, -0.2) is 4.79 Å². The summed E-state index contributed by atoms with van der Waals surface area (Å²) in [5.41, 5.74) is 3.36. The summed E-state index contributed by atoms with van der Waals surface area (Å²) in [5, 5.41) is 3.10. The maximum atomic E-state index is 12.5. The van der Waals surface area contributed by atoms with Crippen LogP contribution in [-0.2, 0) is 0 Å². The van der Waals surface area contributed by atoms with Gasteiger partial charge in [0.2, 0.25) is 0 Å². The predicted octanol–water partition coefficient (Wildman–Crippen LogP) is 3.96. The van der Waals surface area contributed by atoms with Crippen LogP contribution in [0.2, 0.25) is 0 Å². The molecule has 1 aromatic carbocycles. The van der Waals surface area contributed by atoms with E-state index in [1.54, 1.807) is 0 Å². The number of hydrogen-bond donors (Lipinski definition) is 1. The van der Waals surface area contributed by atoms with Gasteiger partial charge in [0.25, 0.3) is 0 Å². The van der Waals surface area contributed by atoms with Crippen molar-refractivity contribution in [2.45, 2.75) is 32.6 Å². The van der Waals surface area contributed by atoms with E-state index >= 15 is 0 Å². The molecule has 3 rings (SSSR count). The molecule has 0 atom stereocenters. The maximum absolute atomic E-state index is 12.5. The number of urea groups is 1. The number of thioether (sulfide) groups is 1. The first-order chi connectivity index (χ1) is 11.2. The molecule has 2 heterocycles. The van der Waals surface area contributed by atoms with Crippen molar-refractivity contribution in [3.63, 3.8) is 0 Å². The molecule has 0 unspecified atom stereocenters. The summed E-state index contributed by atoms with van der Waals surface area (Å²) in [5.74, 6) is 2.40. The van der Waals surface area contributed by atoms with Crippen LogP contribution in [0.25, 0.3) is 0 Å². The number of carbonyl (C=O) groups excluding carboxylic acids is 1. The van der Waals surface area contributed by atoms with Gasteiger partial charge in [-0.15, -0.1) is 0 Å². The Morgan fingerprint density at radius 3 is 2.39 bits per heavy atom. The molecule has 4 nitrogen and oxygen atoms in total. The Morgan fingerprint density at radius 1 is 1.04 bits per heavy atom. The zero-order chi connectivity index (χ0) is 16.1. The monoisotopic (exact) mass is 333 g/mol. The Kier molecular flexibility index (Phi) is 5.70. The summed E-state index contributed by atoms with van der Waals surface area (Å²) >= 11 is 2.02. The summed E-state index contributed by atoms with van der Waals surface area (Å²) in [6.45, 7) is 6.08. The van der Waals surface area contributed by atoms with Gasteiger partial charge in [0.05, 0.1) is 0 Å². The number of hydrogen-bond acceptors (Lipinski definition) is 3. The van der Waals surface area contributed by atoms with Gasteiger partial charge in [0.1, 0.15) is 0 Å². The van der Waals surface area contributed by atoms with Crippen LogP contribution < -0.4 is 10.2 Å². The number of rotatable bonds is 2. The number of nitrogens with one attached hydrogen (secondary N) is 1. The quantitative estimate of drug-likeness (QED) is 0.890. The molecule has 0 bridgehead atoms. The van der Waals surface area contributed by atoms with Crippen LogP contribution in [0, 0.1) is 6.92 Å². The summed E-state index contributed by atoms with van der Waals surface area (Å²) in [4.78, 5) is 16.9. The fourth-order valence-electron chi connectivity index (χ4n) is 3.27. The van der Waals surface area contributed by atoms with Crippen molar-refractivity contribution >= 4 is 29.2 Å². The molecule has 2 saturated heterocycles. The molecule has 2 fully saturated rings. The van der Waals surface area contributed by atoms with Crippen LogP contribution in [-0.4, -0.2) is 48.6 Å². The second kappa shape index (κ2) is 7.95. The standard InChI is InChI=1S/C18H27N3OS/c1-15-14-16(20-10-12-23-13-11-20)6-7-17(15)19-18(22)21-8-4-2-3-5-9-21/h6-7,14H,2-5,8-13H2,1H3,(H,19,22). The number of benzene rings is 1. The molecule has 5 heteroatoms. The van der Waals surface area contributed by atoms with Crippen molar-refractivity contribution in [3.05, 3.63) is 23.8 Å². The van der Waals surface area contributed by atoms with Crippen LogP contribution in [0.5, 0.6) is 0 Å². The van der Waals surface area contributed by atoms with Gasteiger partial charge in [0.15, 0.2) is 0 Å². The first-order valence-corrected chi connectivity index (χ1v) is 9.89. The highest BCUT2D eigenvalue weighted by molar-refractivity contribution is 7.99. The molecule has 2 amide bonds. The van der Waals surface area contributed by atoms with Gasteiger partial charge in [-0.05, 0) is 43.5 Å². The van der Waals surface area contributed by atoms with Gasteiger partial charge < -0.3 is 15.1 Å². The van der Waals surface area contributed by atoms with Crippen molar-refractivity contribution in [1.82, 2.24) is 4.90 Å². The zero-order valence-electron chi connectivity index (χ0n) is 14.0. The lowest BCUT2D eigenvalue weighted by molar-refractivity contribution is 0.213. The van der Waals surface area contributed by atoms with Gasteiger partial charge in [-0.1, -0.05) is 12.8 Å². The molecule has 2 aliphatic heterocycles. The number of anilines is 2. The van der Waals surface area contributed by atoms with Crippen molar-refractivity contribution in [2.75, 3.05) is 47.9 Å². The van der Waals surface area contributed by atoms with E-state index in [0.717, 1.165) is 50.3 Å². The average molecular weight is 334 g/mol. The number of carbonyl (C=O) groups is 1. The third kappa shape index (κ3) is 4.34. The van der Waals surface area contributed by atoms with Crippen LogP contribution >= 0.6 is 11.8 Å². The number of likely N-dealkylation sites (tertiary alicyclic amines) is 1. The van der Waals surface area contributed by atoms with Crippen LogP contribution in [0.1, 0.15) is 31.2 Å². The van der Waals surface area contributed by atoms with E-state index in [2.05, 4.69) is 35.3 Å². The second-order valence-corrected chi connectivity index (χ2v) is 7.65. The molecule has 0 saturated carbocycles. The molecule has 23 heavy (non-hydrogen) atoms. The van der Waals surface area contributed by atoms with E-state index in [1.165, 1.54) is 30.0 Å². The number of aryl methyl sites for hydroxylation is 1. The first kappa shape index (κ1) is 16.5. The molecule has 2 aliphatic rings. The van der Waals surface area contributed by atoms with E-state index in [-0.39, 0.29) is 6.03 Å². The molecule has 1 N–H and O–H groups in total. The van der Waals surface area contributed by atoms with Crippen LogP contribution in [0.3, 0.4) is 0 Å². The molecule has 0 aromatic heterocycles. The molecule has 1 aromatic rings. The van der Waals surface area contributed by atoms with E-state index in [1.807, 2.05) is 16.7 Å². The predicted molar refractivity (Wildman–Crippen MR) is 99.8 cm³/mol. The third-order valence-corrected chi connectivity index (χ3v) is 5.66. The largest absolute Gasteiger partial charge is 0.370 e. The molecule has 0 spiro atoms. The minimum Gasteiger partial charge on any atom is -0.370 e. The van der Waals surface area contributed by atoms with Crippen molar-refractivity contribution < 1.29 is 4.79 Å². The Morgan fingerprint density at radius 2 is 1.74 bits per heavy atom. The van der Waals surface area contributed by atoms with Gasteiger partial charge >= 0.3 is 6.03 Å². The highest BCUT2D eigenvalue weighted by atomic mass is 32.2. The fraction of sp³-hybridized carbons (Fsp3) is 0.611. The minimum absolute atomic E-state index is 0.0529. The Balaban J connectivity index is 1.64. The lowest BCUT2D eigenvalue weighted by Gasteiger charge is -2.29. The van der Waals surface area contributed by atoms with Crippen molar-refractivity contribution in [1.29, 1.82) is 0 Å². The average Bonchev–Trinajstić information content (AvgIpc) is 2.87. The summed E-state index contributed by atoms with van der Waals surface area (Å²) < 4.78 is 0. The maximum Gasteiger partial charge on any atom is 0.321 e. The van der Waals surface area contributed by atoms with Gasteiger partial charge in [-0.3, -0.25) is 0 Å². The van der Waals surface area contributed by atoms with Crippen molar-refractivity contribution in [2.24, 2.45) is 0 Å². The highest BCUT2D eigenvalue weighted by Gasteiger charge is 2.17. The summed E-state index contributed by atoms with van der Waals surface area (Å²) in [7, 11) is 0. The molecule has 0 aliphatic carbocycles. The lowest BCUT2D eigenvalue weighted by atomic mass is 10.1. The summed E-state index contributed by atoms with van der Waals surface area (Å²) in [6, 6.07) is 6.45. The van der Waals surface area contributed by atoms with Gasteiger partial charge in [-0.2, -0.15) is 11.8 Å². The van der Waals surface area contributed by atoms with E-state index in [4.69, 9.17) is 0 Å². The molecular formula is C18H27N3OS. The molecular weight excluding hydrogens is 306 g/mol. The number of amides is 2. The normalized spacial score (nSPS) is 19.3. The van der Waals surface area contributed by atoms with Crippen molar-refractivity contribution in [3.8, 4) is 0 Å². The SMILES string of the molecule is Cc1cc(N2CCSCC2)ccc1NC(=O)N1CCCCCC1. The van der Waals surface area contributed by atoms with E-state index in [0.29, 0.717) is 0 Å². The topological polar surface area (TPSA) is 35.6 Å². The highest BCUT2D eigenvalue weighted by Crippen LogP contribution is 2.25. The van der Waals surface area contributed by atoms with E-state index < -0.39 is 0 Å². The third-order valence-electron chi connectivity index (χ3n) is 4.72. The van der Waals surface area contributed by atoms with E-state index in [9.17, 15) is 4.79 Å². The number of nitrogens with zero attached hydrogens (tertiary/aromatic N) is 2. The molecule has 126 valence electrons. The second-order valence-electron chi connectivity index (χ2n) is 6.43. The van der Waals surface area contributed by atoms with Gasteiger partial charge in [0, 0.05) is 49.1 Å². The zero-order valence-corrected chi connectivity index (χ0v) is 14.8. The Labute approximate surface area is 143 Å². The first-order valence-electron chi connectivity index (χ1n) is 8.73. The fourth-order valence-corrected chi connectivity index (χ4v) is 4.18.